The van der Waals surface area contributed by atoms with Crippen molar-refractivity contribution >= 4 is 23.4 Å². The van der Waals surface area contributed by atoms with Crippen molar-refractivity contribution in [1.82, 2.24) is 15.1 Å². The van der Waals surface area contributed by atoms with E-state index in [2.05, 4.69) is 15.7 Å². The number of benzene rings is 1. The lowest BCUT2D eigenvalue weighted by Gasteiger charge is -2.18. The Labute approximate surface area is 145 Å². The van der Waals surface area contributed by atoms with E-state index in [1.807, 2.05) is 18.2 Å². The number of carbonyl (C=O) groups excluding carboxylic acids is 1. The van der Waals surface area contributed by atoms with Crippen molar-refractivity contribution in [3.8, 4) is 6.07 Å². The Morgan fingerprint density at radius 3 is 2.83 bits per heavy atom. The largest absolute Gasteiger partial charge is 0.382 e. The summed E-state index contributed by atoms with van der Waals surface area (Å²) in [6.45, 7) is 0.808. The maximum absolute atomic E-state index is 12.2. The third-order valence-electron chi connectivity index (χ3n) is 3.25. The van der Waals surface area contributed by atoms with E-state index in [9.17, 15) is 4.79 Å². The Bertz CT molecular complexity index is 708. The van der Waals surface area contributed by atoms with Crippen LogP contribution in [0.3, 0.4) is 0 Å². The molecule has 7 nitrogen and oxygen atoms in total. The normalized spacial score (nSPS) is 11.5. The van der Waals surface area contributed by atoms with Gasteiger partial charge in [-0.2, -0.15) is 10.4 Å². The van der Waals surface area contributed by atoms with Crippen LogP contribution in [0.2, 0.25) is 5.02 Å². The molecule has 2 N–H and O–H groups in total. The van der Waals surface area contributed by atoms with Crippen LogP contribution in [0.4, 0.5) is 10.6 Å². The number of anilines is 1. The summed E-state index contributed by atoms with van der Waals surface area (Å²) in [5.41, 5.74) is 0.885. The molecule has 1 aromatic carbocycles. The summed E-state index contributed by atoms with van der Waals surface area (Å²) in [4.78, 5) is 12.2. The Morgan fingerprint density at radius 2 is 2.17 bits per heavy atom. The Hall–Kier alpha value is -2.56. The zero-order chi connectivity index (χ0) is 17.4. The van der Waals surface area contributed by atoms with E-state index in [-0.39, 0.29) is 6.04 Å². The molecule has 1 aromatic heterocycles. The van der Waals surface area contributed by atoms with Gasteiger partial charge < -0.3 is 10.1 Å². The summed E-state index contributed by atoms with van der Waals surface area (Å²) in [6.07, 6.45) is 2.07. The standard InChI is InChI=1S/C16H18ClN5O2/c1-24-11-14(12-3-5-13(17)6-4-12)19-16(23)20-15-7-10-22(21-15)9-2-8-18/h3-7,10,14H,2,9,11H2,1H3,(H2,19,20,21,23)/t14-/m1/s1. The average Bonchev–Trinajstić information content (AvgIpc) is 3.00. The summed E-state index contributed by atoms with van der Waals surface area (Å²) in [5, 5.41) is 18.9. The molecule has 24 heavy (non-hydrogen) atoms. The second kappa shape index (κ2) is 8.91. The number of nitrogens with zero attached hydrogens (tertiary/aromatic N) is 3. The van der Waals surface area contributed by atoms with Crippen LogP contribution in [0.15, 0.2) is 36.5 Å². The summed E-state index contributed by atoms with van der Waals surface area (Å²) in [6, 6.07) is 10.2. The maximum Gasteiger partial charge on any atom is 0.321 e. The molecule has 0 fully saturated rings. The molecule has 0 aliphatic carbocycles. The highest BCUT2D eigenvalue weighted by molar-refractivity contribution is 6.30. The molecular weight excluding hydrogens is 330 g/mol. The summed E-state index contributed by atoms with van der Waals surface area (Å²) in [5.74, 6) is 0.415. The summed E-state index contributed by atoms with van der Waals surface area (Å²) < 4.78 is 6.76. The van der Waals surface area contributed by atoms with Gasteiger partial charge in [-0.1, -0.05) is 23.7 Å². The predicted octanol–water partition coefficient (Wildman–Crippen LogP) is 2.96. The molecule has 2 amide bonds. The smallest absolute Gasteiger partial charge is 0.321 e. The van der Waals surface area contributed by atoms with Gasteiger partial charge in [0.15, 0.2) is 5.82 Å². The third-order valence-corrected chi connectivity index (χ3v) is 3.50. The second-order valence-corrected chi connectivity index (χ2v) is 5.47. The highest BCUT2D eigenvalue weighted by atomic mass is 35.5. The van der Waals surface area contributed by atoms with E-state index in [1.54, 1.807) is 36.2 Å². The molecule has 1 atom stereocenters. The Morgan fingerprint density at radius 1 is 1.42 bits per heavy atom. The Kier molecular flexibility index (Phi) is 6.61. The molecule has 0 saturated heterocycles. The molecule has 1 heterocycles. The fourth-order valence-corrected chi connectivity index (χ4v) is 2.24. The first kappa shape index (κ1) is 17.8. The minimum Gasteiger partial charge on any atom is -0.382 e. The number of urea groups is 1. The van der Waals surface area contributed by atoms with Gasteiger partial charge in [0.2, 0.25) is 0 Å². The molecule has 126 valence electrons. The molecule has 2 aromatic rings. The molecule has 2 rings (SSSR count). The minimum absolute atomic E-state index is 0.312. The van der Waals surface area contributed by atoms with Crippen LogP contribution in [0, 0.1) is 11.3 Å². The number of hydrogen-bond donors (Lipinski definition) is 2. The van der Waals surface area contributed by atoms with E-state index in [0.717, 1.165) is 5.56 Å². The van der Waals surface area contributed by atoms with Gasteiger partial charge in [0.1, 0.15) is 0 Å². The van der Waals surface area contributed by atoms with Gasteiger partial charge in [0.05, 0.1) is 31.7 Å². The number of rotatable bonds is 7. The van der Waals surface area contributed by atoms with Crippen LogP contribution >= 0.6 is 11.6 Å². The third kappa shape index (κ3) is 5.26. The molecule has 0 saturated carbocycles. The molecular formula is C16H18ClN5O2. The van der Waals surface area contributed by atoms with Crippen molar-refractivity contribution in [3.05, 3.63) is 47.1 Å². The van der Waals surface area contributed by atoms with Crippen molar-refractivity contribution in [1.29, 1.82) is 5.26 Å². The molecule has 0 aliphatic heterocycles. The lowest BCUT2D eigenvalue weighted by molar-refractivity contribution is 0.168. The fraction of sp³-hybridized carbons (Fsp3) is 0.312. The van der Waals surface area contributed by atoms with Crippen LogP contribution in [-0.4, -0.2) is 29.5 Å². The van der Waals surface area contributed by atoms with Crippen molar-refractivity contribution in [2.75, 3.05) is 19.0 Å². The first-order chi connectivity index (χ1) is 11.6. The number of hydrogen-bond acceptors (Lipinski definition) is 4. The van der Waals surface area contributed by atoms with Gasteiger partial charge in [0, 0.05) is 24.4 Å². The highest BCUT2D eigenvalue weighted by Gasteiger charge is 2.15. The average molecular weight is 348 g/mol. The minimum atomic E-state index is -0.391. The predicted molar refractivity (Wildman–Crippen MR) is 90.7 cm³/mol. The van der Waals surface area contributed by atoms with Crippen LogP contribution < -0.4 is 10.6 Å². The quantitative estimate of drug-likeness (QED) is 0.805. The second-order valence-electron chi connectivity index (χ2n) is 5.03. The molecule has 0 unspecified atom stereocenters. The van der Waals surface area contributed by atoms with Crippen LogP contribution in [0.25, 0.3) is 0 Å². The lowest BCUT2D eigenvalue weighted by Crippen LogP contribution is -2.34. The van der Waals surface area contributed by atoms with E-state index in [1.165, 1.54) is 0 Å². The van der Waals surface area contributed by atoms with Gasteiger partial charge in [-0.05, 0) is 17.7 Å². The number of nitrogens with one attached hydrogen (secondary N) is 2. The number of nitriles is 1. The fourth-order valence-electron chi connectivity index (χ4n) is 2.11. The van der Waals surface area contributed by atoms with Crippen LogP contribution in [0.5, 0.6) is 0 Å². The van der Waals surface area contributed by atoms with E-state index in [4.69, 9.17) is 21.6 Å². The molecule has 0 radical (unpaired) electrons. The number of carbonyl (C=O) groups is 1. The number of methoxy groups -OCH3 is 1. The van der Waals surface area contributed by atoms with Crippen molar-refractivity contribution in [2.45, 2.75) is 19.0 Å². The van der Waals surface area contributed by atoms with E-state index >= 15 is 0 Å². The maximum atomic E-state index is 12.2. The number of aryl methyl sites for hydroxylation is 1. The van der Waals surface area contributed by atoms with Crippen molar-refractivity contribution in [2.24, 2.45) is 0 Å². The van der Waals surface area contributed by atoms with Crippen molar-refractivity contribution in [3.63, 3.8) is 0 Å². The molecule has 0 spiro atoms. The number of halogens is 1. The molecule has 0 aliphatic rings. The summed E-state index contributed by atoms with van der Waals surface area (Å²) >= 11 is 5.88. The topological polar surface area (TPSA) is 92.0 Å². The first-order valence-corrected chi connectivity index (χ1v) is 7.72. The number of aromatic nitrogens is 2. The molecule has 0 bridgehead atoms. The summed E-state index contributed by atoms with van der Waals surface area (Å²) in [7, 11) is 1.57. The first-order valence-electron chi connectivity index (χ1n) is 7.34. The van der Waals surface area contributed by atoms with Gasteiger partial charge in [-0.15, -0.1) is 0 Å². The van der Waals surface area contributed by atoms with E-state index < -0.39 is 6.03 Å². The van der Waals surface area contributed by atoms with Gasteiger partial charge in [0.25, 0.3) is 0 Å². The Balaban J connectivity index is 1.96. The molecule has 8 heteroatoms. The zero-order valence-electron chi connectivity index (χ0n) is 13.2. The van der Waals surface area contributed by atoms with Gasteiger partial charge in [-0.3, -0.25) is 10.00 Å². The SMILES string of the molecule is COC[C@@H](NC(=O)Nc1ccn(CCC#N)n1)c1ccc(Cl)cc1. The van der Waals surface area contributed by atoms with Crippen LogP contribution in [0.1, 0.15) is 18.0 Å². The van der Waals surface area contributed by atoms with E-state index in [0.29, 0.717) is 30.4 Å². The van der Waals surface area contributed by atoms with Gasteiger partial charge >= 0.3 is 6.03 Å². The van der Waals surface area contributed by atoms with Gasteiger partial charge in [-0.25, -0.2) is 4.79 Å². The highest BCUT2D eigenvalue weighted by Crippen LogP contribution is 2.17. The van der Waals surface area contributed by atoms with Crippen LogP contribution in [-0.2, 0) is 11.3 Å². The number of ether oxygens (including phenoxy) is 1. The zero-order valence-corrected chi connectivity index (χ0v) is 14.0. The lowest BCUT2D eigenvalue weighted by atomic mass is 10.1. The monoisotopic (exact) mass is 347 g/mol. The van der Waals surface area contributed by atoms with Crippen molar-refractivity contribution < 1.29 is 9.53 Å². The number of amides is 2.